The quantitative estimate of drug-likeness (QED) is 0.749. The monoisotopic (exact) mass is 233 g/mol. The Bertz CT molecular complexity index is 258. The van der Waals surface area contributed by atoms with Crippen molar-refractivity contribution in [3.63, 3.8) is 0 Å². The van der Waals surface area contributed by atoms with Gasteiger partial charge in [-0.15, -0.1) is 0 Å². The Hall–Kier alpha value is 0.0700. The molecule has 1 fully saturated rings. The summed E-state index contributed by atoms with van der Waals surface area (Å²) < 4.78 is 11.3. The molecule has 1 atom stereocenters. The van der Waals surface area contributed by atoms with Gasteiger partial charge < -0.3 is 10.4 Å². The van der Waals surface area contributed by atoms with Gasteiger partial charge in [0.1, 0.15) is 0 Å². The van der Waals surface area contributed by atoms with Crippen molar-refractivity contribution in [3.05, 3.63) is 0 Å². The number of piperidine rings is 1. The van der Waals surface area contributed by atoms with E-state index in [-0.39, 0.29) is 11.1 Å². The highest BCUT2D eigenvalue weighted by atomic mass is 32.2. The number of rotatable bonds is 2. The minimum Gasteiger partial charge on any atom is -0.389 e. The predicted molar refractivity (Wildman–Crippen MR) is 64.4 cm³/mol. The van der Waals surface area contributed by atoms with Crippen molar-refractivity contribution in [1.82, 2.24) is 5.32 Å². The lowest BCUT2D eigenvalue weighted by atomic mass is 9.74. The summed E-state index contributed by atoms with van der Waals surface area (Å²) in [5.74, 6) is 0.377. The molecular formula is C11H23NO2S. The van der Waals surface area contributed by atoms with Crippen molar-refractivity contribution >= 4 is 10.8 Å². The van der Waals surface area contributed by atoms with E-state index in [1.54, 1.807) is 6.26 Å². The van der Waals surface area contributed by atoms with Gasteiger partial charge in [0.2, 0.25) is 0 Å². The van der Waals surface area contributed by atoms with Crippen molar-refractivity contribution in [2.45, 2.75) is 57.2 Å². The van der Waals surface area contributed by atoms with Crippen LogP contribution in [0.25, 0.3) is 0 Å². The van der Waals surface area contributed by atoms with E-state index in [0.29, 0.717) is 18.6 Å². The van der Waals surface area contributed by atoms with Gasteiger partial charge in [0, 0.05) is 28.1 Å². The van der Waals surface area contributed by atoms with Crippen LogP contribution in [-0.2, 0) is 10.8 Å². The molecule has 0 aromatic rings. The van der Waals surface area contributed by atoms with Gasteiger partial charge in [0.05, 0.1) is 11.4 Å². The zero-order valence-electron chi connectivity index (χ0n) is 10.4. The normalized spacial score (nSPS) is 29.7. The molecule has 0 radical (unpaired) electrons. The van der Waals surface area contributed by atoms with Crippen LogP contribution in [0.15, 0.2) is 0 Å². The van der Waals surface area contributed by atoms with Gasteiger partial charge >= 0.3 is 0 Å². The first-order valence-electron chi connectivity index (χ1n) is 5.35. The summed E-state index contributed by atoms with van der Waals surface area (Å²) in [4.78, 5) is 0. The molecule has 3 nitrogen and oxygen atoms in total. The topological polar surface area (TPSA) is 49.3 Å². The highest BCUT2D eigenvalue weighted by Gasteiger charge is 2.46. The second-order valence-corrected chi connectivity index (χ2v) is 7.62. The zero-order chi connectivity index (χ0) is 11.9. The molecule has 0 bridgehead atoms. The molecule has 1 heterocycles. The van der Waals surface area contributed by atoms with E-state index >= 15 is 0 Å². The number of hydrogen-bond donors (Lipinski definition) is 2. The average Bonchev–Trinajstić information content (AvgIpc) is 1.70. The summed E-state index contributed by atoms with van der Waals surface area (Å²) in [5.41, 5.74) is -0.996. The molecule has 0 saturated carbocycles. The molecular weight excluding hydrogens is 210 g/mol. The Kier molecular flexibility index (Phi) is 3.35. The molecule has 4 heteroatoms. The van der Waals surface area contributed by atoms with Crippen LogP contribution in [0, 0.1) is 0 Å². The lowest BCUT2D eigenvalue weighted by Crippen LogP contribution is -2.64. The van der Waals surface area contributed by atoms with Crippen LogP contribution in [0.5, 0.6) is 0 Å². The summed E-state index contributed by atoms with van der Waals surface area (Å²) in [5, 5.41) is 14.0. The van der Waals surface area contributed by atoms with E-state index in [0.717, 1.165) is 0 Å². The maximum absolute atomic E-state index is 11.3. The second-order valence-electron chi connectivity index (χ2n) is 6.19. The van der Waals surface area contributed by atoms with E-state index < -0.39 is 16.4 Å². The third-order valence-corrected chi connectivity index (χ3v) is 3.63. The van der Waals surface area contributed by atoms with E-state index in [4.69, 9.17) is 0 Å². The maximum atomic E-state index is 11.3. The smallest absolute Gasteiger partial charge is 0.0797 e. The van der Waals surface area contributed by atoms with Gasteiger partial charge in [0.15, 0.2) is 0 Å². The fourth-order valence-electron chi connectivity index (χ4n) is 3.19. The van der Waals surface area contributed by atoms with E-state index in [2.05, 4.69) is 33.0 Å². The largest absolute Gasteiger partial charge is 0.389 e. The maximum Gasteiger partial charge on any atom is 0.0797 e. The van der Waals surface area contributed by atoms with E-state index in [1.807, 2.05) is 0 Å². The highest BCUT2D eigenvalue weighted by molar-refractivity contribution is 7.84. The number of hydrogen-bond acceptors (Lipinski definition) is 3. The first kappa shape index (κ1) is 13.1. The Balaban J connectivity index is 2.86. The van der Waals surface area contributed by atoms with Crippen LogP contribution < -0.4 is 5.32 Å². The summed E-state index contributed by atoms with van der Waals surface area (Å²) >= 11 is 0. The third kappa shape index (κ3) is 3.85. The molecule has 0 spiro atoms. The molecule has 1 saturated heterocycles. The van der Waals surface area contributed by atoms with Gasteiger partial charge in [-0.3, -0.25) is 4.21 Å². The van der Waals surface area contributed by atoms with Crippen LogP contribution in [-0.4, -0.2) is 38.0 Å². The van der Waals surface area contributed by atoms with Crippen molar-refractivity contribution in [3.8, 4) is 0 Å². The summed E-state index contributed by atoms with van der Waals surface area (Å²) in [6.45, 7) is 8.32. The summed E-state index contributed by atoms with van der Waals surface area (Å²) in [6.07, 6.45) is 2.96. The third-order valence-electron chi connectivity index (χ3n) is 2.69. The number of nitrogens with one attached hydrogen (secondary N) is 1. The van der Waals surface area contributed by atoms with Gasteiger partial charge in [-0.25, -0.2) is 0 Å². The van der Waals surface area contributed by atoms with Gasteiger partial charge in [0.25, 0.3) is 0 Å². The van der Waals surface area contributed by atoms with E-state index in [9.17, 15) is 9.32 Å². The van der Waals surface area contributed by atoms with Crippen molar-refractivity contribution in [1.29, 1.82) is 0 Å². The van der Waals surface area contributed by atoms with Gasteiger partial charge in [-0.2, -0.15) is 0 Å². The molecule has 1 aliphatic heterocycles. The molecule has 1 unspecified atom stereocenters. The van der Waals surface area contributed by atoms with Crippen LogP contribution in [0.4, 0.5) is 0 Å². The standard InChI is InChI=1S/C11H23NO2S/c1-9(2)6-11(13,8-15(5)14)7-10(3,4)12-9/h12-13H,6-8H2,1-5H3. The average molecular weight is 233 g/mol. The van der Waals surface area contributed by atoms with Crippen LogP contribution >= 0.6 is 0 Å². The Morgan fingerprint density at radius 2 is 1.60 bits per heavy atom. The Morgan fingerprint density at radius 3 is 1.93 bits per heavy atom. The van der Waals surface area contributed by atoms with Crippen molar-refractivity contribution in [2.75, 3.05) is 12.0 Å². The predicted octanol–water partition coefficient (Wildman–Crippen LogP) is 1.04. The zero-order valence-corrected chi connectivity index (χ0v) is 11.2. The number of aliphatic hydroxyl groups is 1. The summed E-state index contributed by atoms with van der Waals surface area (Å²) in [7, 11) is -0.947. The Morgan fingerprint density at radius 1 is 1.20 bits per heavy atom. The lowest BCUT2D eigenvalue weighted by Gasteiger charge is -2.50. The van der Waals surface area contributed by atoms with Gasteiger partial charge in [-0.1, -0.05) is 0 Å². The molecule has 0 amide bonds. The molecule has 0 aliphatic carbocycles. The van der Waals surface area contributed by atoms with E-state index in [1.165, 1.54) is 0 Å². The van der Waals surface area contributed by atoms with Crippen LogP contribution in [0.3, 0.4) is 0 Å². The summed E-state index contributed by atoms with van der Waals surface area (Å²) in [6, 6.07) is 0. The highest BCUT2D eigenvalue weighted by Crippen LogP contribution is 2.36. The molecule has 1 rings (SSSR count). The fourth-order valence-corrected chi connectivity index (χ4v) is 4.15. The fraction of sp³-hybridized carbons (Fsp3) is 1.00. The SMILES string of the molecule is CS(=O)CC1(O)CC(C)(C)NC(C)(C)C1. The molecule has 1 aliphatic rings. The van der Waals surface area contributed by atoms with Crippen LogP contribution in [0.2, 0.25) is 0 Å². The first-order chi connectivity index (χ1) is 6.54. The van der Waals surface area contributed by atoms with Crippen LogP contribution in [0.1, 0.15) is 40.5 Å². The van der Waals surface area contributed by atoms with Crippen molar-refractivity contribution < 1.29 is 9.32 Å². The minimum atomic E-state index is -0.947. The van der Waals surface area contributed by atoms with Crippen molar-refractivity contribution in [2.24, 2.45) is 0 Å². The molecule has 0 aromatic carbocycles. The second kappa shape index (κ2) is 3.82. The minimum absolute atomic E-state index is 0.101. The lowest BCUT2D eigenvalue weighted by molar-refractivity contribution is -0.0384. The molecule has 15 heavy (non-hydrogen) atoms. The van der Waals surface area contributed by atoms with Gasteiger partial charge in [-0.05, 0) is 40.5 Å². The Labute approximate surface area is 95.1 Å². The molecule has 0 aromatic heterocycles. The first-order valence-corrected chi connectivity index (χ1v) is 7.08. The molecule has 90 valence electrons. The molecule has 2 N–H and O–H groups in total.